The van der Waals surface area contributed by atoms with Crippen molar-refractivity contribution in [1.29, 1.82) is 0 Å². The number of aliphatic hydroxyl groups excluding tert-OH is 2. The summed E-state index contributed by atoms with van der Waals surface area (Å²) in [6, 6.07) is 21.8. The lowest BCUT2D eigenvalue weighted by Crippen LogP contribution is -2.28. The fourth-order valence-electron chi connectivity index (χ4n) is 4.74. The number of aryl methyl sites for hydroxylation is 1. The van der Waals surface area contributed by atoms with Gasteiger partial charge in [0.2, 0.25) is 0 Å². The van der Waals surface area contributed by atoms with E-state index < -0.39 is 12.7 Å². The highest BCUT2D eigenvalue weighted by Gasteiger charge is 2.19. The molecule has 0 amide bonds. The number of hydrogen-bond donors (Lipinski definition) is 3. The van der Waals surface area contributed by atoms with Crippen LogP contribution in [0.5, 0.6) is 5.75 Å². The van der Waals surface area contributed by atoms with Crippen LogP contribution in [0.1, 0.15) is 28.3 Å². The Morgan fingerprint density at radius 1 is 1.09 bits per heavy atom. The van der Waals surface area contributed by atoms with E-state index in [4.69, 9.17) is 4.74 Å². The highest BCUT2D eigenvalue weighted by molar-refractivity contribution is 5.95. The van der Waals surface area contributed by atoms with Gasteiger partial charge in [-0.1, -0.05) is 36.4 Å². The molecule has 6 bridgehead atoms. The van der Waals surface area contributed by atoms with E-state index in [0.29, 0.717) is 12.1 Å². The van der Waals surface area contributed by atoms with Gasteiger partial charge in [0.25, 0.3) is 5.56 Å². The zero-order valence-corrected chi connectivity index (χ0v) is 19.3. The Kier molecular flexibility index (Phi) is 5.96. The van der Waals surface area contributed by atoms with Gasteiger partial charge in [-0.2, -0.15) is 0 Å². The molecule has 0 aliphatic carbocycles. The topological polar surface area (TPSA) is 83.7 Å². The smallest absolute Gasteiger partial charge is 0.251 e. The van der Waals surface area contributed by atoms with Crippen LogP contribution in [0.3, 0.4) is 0 Å². The van der Waals surface area contributed by atoms with Gasteiger partial charge in [0.05, 0.1) is 30.8 Å². The fraction of sp³-hybridized carbons (Fsp3) is 0.250. The second-order valence-electron chi connectivity index (χ2n) is 8.84. The van der Waals surface area contributed by atoms with Crippen molar-refractivity contribution >= 4 is 10.9 Å². The fourth-order valence-corrected chi connectivity index (χ4v) is 4.74. The summed E-state index contributed by atoms with van der Waals surface area (Å²) in [6.07, 6.45) is -1.02. The van der Waals surface area contributed by atoms with E-state index in [0.717, 1.165) is 39.0 Å². The Morgan fingerprint density at radius 3 is 2.68 bits per heavy atom. The second kappa shape index (κ2) is 9.06. The minimum atomic E-state index is -1.02. The Morgan fingerprint density at radius 2 is 1.88 bits per heavy atom. The third-order valence-electron chi connectivity index (χ3n) is 6.61. The van der Waals surface area contributed by atoms with Gasteiger partial charge in [-0.25, -0.2) is 0 Å². The first-order chi connectivity index (χ1) is 16.5. The van der Waals surface area contributed by atoms with Crippen molar-refractivity contribution in [2.75, 3.05) is 13.7 Å². The number of nitrogens with one attached hydrogen (secondary N) is 1. The molecule has 5 rings (SSSR count). The maximum absolute atomic E-state index is 13.1. The van der Waals surface area contributed by atoms with Crippen LogP contribution in [0.4, 0.5) is 0 Å². The molecule has 1 aliphatic rings. The van der Waals surface area contributed by atoms with Crippen molar-refractivity contribution in [3.63, 3.8) is 0 Å². The van der Waals surface area contributed by atoms with Gasteiger partial charge >= 0.3 is 0 Å². The first-order valence-corrected chi connectivity index (χ1v) is 11.4. The van der Waals surface area contributed by atoms with Gasteiger partial charge in [-0.3, -0.25) is 4.79 Å². The van der Waals surface area contributed by atoms with Gasteiger partial charge in [-0.15, -0.1) is 0 Å². The summed E-state index contributed by atoms with van der Waals surface area (Å²) in [4.78, 5) is 13.1. The van der Waals surface area contributed by atoms with Gasteiger partial charge < -0.3 is 24.8 Å². The van der Waals surface area contributed by atoms with Crippen LogP contribution in [-0.2, 0) is 13.2 Å². The summed E-state index contributed by atoms with van der Waals surface area (Å²) in [6.45, 7) is 2.14. The van der Waals surface area contributed by atoms with Crippen LogP contribution in [0.2, 0.25) is 0 Å². The maximum atomic E-state index is 13.1. The SMILES string of the molecule is CNC1c2ccc(C)c(c2)COc2cccc(c2)-c2cc(=O)n(CC(O)CO)c3ccc1cc23. The van der Waals surface area contributed by atoms with Crippen LogP contribution in [0.15, 0.2) is 71.5 Å². The molecule has 3 aromatic carbocycles. The van der Waals surface area contributed by atoms with Crippen LogP contribution < -0.4 is 15.6 Å². The summed E-state index contributed by atoms with van der Waals surface area (Å²) in [7, 11) is 1.94. The molecule has 34 heavy (non-hydrogen) atoms. The number of nitrogens with zero attached hydrogens (tertiary/aromatic N) is 1. The van der Waals surface area contributed by atoms with E-state index in [1.807, 2.05) is 43.4 Å². The standard InChI is InChI=1S/C28H28N2O4/c1-17-6-7-19-10-21(17)16-34-23-5-3-4-18(11-23)24-13-27(33)30(14-22(32)15-31)26-9-8-20(12-25(24)26)28(19)29-2/h3-13,22,28-29,31-32H,14-16H2,1-2H3. The molecule has 0 fully saturated rings. The summed E-state index contributed by atoms with van der Waals surface area (Å²) >= 11 is 0. The molecular weight excluding hydrogens is 428 g/mol. The van der Waals surface area contributed by atoms with E-state index in [1.165, 1.54) is 10.1 Å². The molecule has 0 saturated carbocycles. The summed E-state index contributed by atoms with van der Waals surface area (Å²) in [5, 5.41) is 23.8. The Labute approximate surface area is 198 Å². The minimum absolute atomic E-state index is 0.0192. The molecule has 2 atom stereocenters. The number of hydrogen-bond acceptors (Lipinski definition) is 5. The number of pyridine rings is 1. The van der Waals surface area contributed by atoms with E-state index in [9.17, 15) is 15.0 Å². The van der Waals surface area contributed by atoms with Crippen molar-refractivity contribution in [2.24, 2.45) is 0 Å². The first-order valence-electron chi connectivity index (χ1n) is 11.4. The van der Waals surface area contributed by atoms with E-state index in [1.54, 1.807) is 6.07 Å². The summed E-state index contributed by atoms with van der Waals surface area (Å²) in [5.41, 5.74) is 6.65. The molecule has 3 N–H and O–H groups in total. The summed E-state index contributed by atoms with van der Waals surface area (Å²) in [5.74, 6) is 0.732. The minimum Gasteiger partial charge on any atom is -0.489 e. The van der Waals surface area contributed by atoms with Crippen molar-refractivity contribution < 1.29 is 14.9 Å². The molecule has 0 radical (unpaired) electrons. The molecular formula is C28H28N2O4. The molecule has 6 nitrogen and oxygen atoms in total. The number of aromatic nitrogens is 1. The molecule has 0 saturated heterocycles. The van der Waals surface area contributed by atoms with E-state index in [2.05, 4.69) is 36.5 Å². The molecule has 6 heteroatoms. The zero-order valence-electron chi connectivity index (χ0n) is 19.3. The molecule has 2 heterocycles. The number of fused-ring (bicyclic) bond motifs is 6. The maximum Gasteiger partial charge on any atom is 0.251 e. The molecule has 1 aliphatic heterocycles. The van der Waals surface area contributed by atoms with E-state index >= 15 is 0 Å². The molecule has 0 spiro atoms. The normalized spacial score (nSPS) is 15.8. The van der Waals surface area contributed by atoms with Crippen molar-refractivity contribution in [1.82, 2.24) is 9.88 Å². The van der Waals surface area contributed by atoms with Gasteiger partial charge in [0.15, 0.2) is 0 Å². The van der Waals surface area contributed by atoms with Crippen LogP contribution in [-0.4, -0.2) is 34.5 Å². The van der Waals surface area contributed by atoms with Gasteiger partial charge in [0, 0.05) is 11.5 Å². The van der Waals surface area contributed by atoms with Crippen molar-refractivity contribution in [3.8, 4) is 16.9 Å². The quantitative estimate of drug-likeness (QED) is 0.438. The number of aliphatic hydroxyl groups is 2. The number of benzene rings is 3. The van der Waals surface area contributed by atoms with Gasteiger partial charge in [0.1, 0.15) is 12.4 Å². The monoisotopic (exact) mass is 456 g/mol. The highest BCUT2D eigenvalue weighted by Crippen LogP contribution is 2.34. The van der Waals surface area contributed by atoms with Crippen LogP contribution >= 0.6 is 0 Å². The number of ether oxygens (including phenoxy) is 1. The lowest BCUT2D eigenvalue weighted by Gasteiger charge is -2.21. The van der Waals surface area contributed by atoms with Crippen molar-refractivity contribution in [3.05, 3.63) is 99.3 Å². The highest BCUT2D eigenvalue weighted by atomic mass is 16.5. The largest absolute Gasteiger partial charge is 0.489 e. The van der Waals surface area contributed by atoms with Crippen LogP contribution in [0, 0.1) is 6.92 Å². The van der Waals surface area contributed by atoms with E-state index in [-0.39, 0.29) is 18.1 Å². The first kappa shape index (κ1) is 22.3. The Bertz CT molecular complexity index is 1430. The lowest BCUT2D eigenvalue weighted by molar-refractivity contribution is 0.0814. The Balaban J connectivity index is 1.82. The average molecular weight is 457 g/mol. The third-order valence-corrected chi connectivity index (χ3v) is 6.61. The van der Waals surface area contributed by atoms with Crippen LogP contribution in [0.25, 0.3) is 22.0 Å². The molecule has 2 unspecified atom stereocenters. The third kappa shape index (κ3) is 4.01. The average Bonchev–Trinajstić information content (AvgIpc) is 2.86. The molecule has 1 aromatic heterocycles. The summed E-state index contributed by atoms with van der Waals surface area (Å²) < 4.78 is 7.69. The molecule has 4 aromatic rings. The predicted molar refractivity (Wildman–Crippen MR) is 133 cm³/mol. The second-order valence-corrected chi connectivity index (χ2v) is 8.84. The number of rotatable bonds is 4. The van der Waals surface area contributed by atoms with Crippen molar-refractivity contribution in [2.45, 2.75) is 32.2 Å². The predicted octanol–water partition coefficient (Wildman–Crippen LogP) is 3.53. The Hall–Kier alpha value is -3.45. The lowest BCUT2D eigenvalue weighted by atomic mass is 9.93. The zero-order chi connectivity index (χ0) is 23.8. The van der Waals surface area contributed by atoms with Gasteiger partial charge in [-0.05, 0) is 71.6 Å². The molecule has 174 valence electrons.